The number of benzene rings is 1. The predicted molar refractivity (Wildman–Crippen MR) is 150 cm³/mol. The standard InChI is InChI=1S/C28H35ClN6O3/c1-19-8-9-20(29)17-22(19)33-12-14-34(15-13-33)26-25-21(10-11-24(36)38-28(2,3)4)32-35(27(25)31-18-30-26)23-7-5-6-16-37-23/h8-11,17-18,23H,5-7,12-16H2,1-4H3. The number of rotatable bonds is 5. The van der Waals surface area contributed by atoms with Crippen LogP contribution in [0.1, 0.15) is 57.5 Å². The Morgan fingerprint density at radius 2 is 1.89 bits per heavy atom. The van der Waals surface area contributed by atoms with E-state index in [2.05, 4.69) is 27.8 Å². The number of hydrogen-bond acceptors (Lipinski definition) is 8. The second-order valence-corrected chi connectivity index (χ2v) is 11.3. The van der Waals surface area contributed by atoms with Crippen LogP contribution in [-0.2, 0) is 14.3 Å². The number of esters is 1. The minimum absolute atomic E-state index is 0.194. The lowest BCUT2D eigenvalue weighted by molar-refractivity contribution is -0.148. The van der Waals surface area contributed by atoms with E-state index in [0.717, 1.165) is 67.4 Å². The van der Waals surface area contributed by atoms with Crippen molar-refractivity contribution in [1.82, 2.24) is 19.7 Å². The number of hydrogen-bond donors (Lipinski definition) is 0. The lowest BCUT2D eigenvalue weighted by Crippen LogP contribution is -2.47. The maximum atomic E-state index is 12.5. The number of ether oxygens (including phenoxy) is 2. The molecule has 0 aliphatic carbocycles. The van der Waals surface area contributed by atoms with Gasteiger partial charge in [0.25, 0.3) is 0 Å². The number of aromatic nitrogens is 4. The van der Waals surface area contributed by atoms with Crippen molar-refractivity contribution in [3.63, 3.8) is 0 Å². The highest BCUT2D eigenvalue weighted by molar-refractivity contribution is 6.30. The largest absolute Gasteiger partial charge is 0.457 e. The first-order valence-electron chi connectivity index (χ1n) is 13.2. The topological polar surface area (TPSA) is 85.6 Å². The number of fused-ring (bicyclic) bond motifs is 1. The van der Waals surface area contributed by atoms with Gasteiger partial charge in [-0.15, -0.1) is 0 Å². The van der Waals surface area contributed by atoms with Crippen LogP contribution < -0.4 is 9.80 Å². The first kappa shape index (κ1) is 26.4. The quantitative estimate of drug-likeness (QED) is 0.325. The van der Waals surface area contributed by atoms with Crippen LogP contribution in [0.15, 0.2) is 30.6 Å². The Bertz CT molecular complexity index is 1330. The molecular weight excluding hydrogens is 504 g/mol. The van der Waals surface area contributed by atoms with Gasteiger partial charge in [0.2, 0.25) is 0 Å². The van der Waals surface area contributed by atoms with Gasteiger partial charge in [0.15, 0.2) is 11.9 Å². The summed E-state index contributed by atoms with van der Waals surface area (Å²) in [5.74, 6) is 0.390. The van der Waals surface area contributed by atoms with Gasteiger partial charge in [-0.05, 0) is 70.7 Å². The zero-order valence-corrected chi connectivity index (χ0v) is 23.2. The Kier molecular flexibility index (Phi) is 7.59. The van der Waals surface area contributed by atoms with E-state index in [0.29, 0.717) is 17.9 Å². The van der Waals surface area contributed by atoms with E-state index in [4.69, 9.17) is 31.2 Å². The fourth-order valence-corrected chi connectivity index (χ4v) is 5.19. The van der Waals surface area contributed by atoms with Crippen LogP contribution in [0.3, 0.4) is 0 Å². The average molecular weight is 539 g/mol. The summed E-state index contributed by atoms with van der Waals surface area (Å²) in [4.78, 5) is 26.4. The first-order valence-corrected chi connectivity index (χ1v) is 13.6. The monoisotopic (exact) mass is 538 g/mol. The van der Waals surface area contributed by atoms with Gasteiger partial charge in [0, 0.05) is 49.6 Å². The molecule has 3 aromatic rings. The van der Waals surface area contributed by atoms with Crippen LogP contribution in [0.25, 0.3) is 17.1 Å². The number of halogens is 1. The van der Waals surface area contributed by atoms with Gasteiger partial charge in [-0.25, -0.2) is 19.4 Å². The van der Waals surface area contributed by atoms with E-state index >= 15 is 0 Å². The molecule has 2 aliphatic rings. The highest BCUT2D eigenvalue weighted by Gasteiger charge is 2.27. The van der Waals surface area contributed by atoms with Crippen LogP contribution in [0.4, 0.5) is 11.5 Å². The third-order valence-electron chi connectivity index (χ3n) is 6.80. The maximum Gasteiger partial charge on any atom is 0.331 e. The zero-order valence-electron chi connectivity index (χ0n) is 22.5. The van der Waals surface area contributed by atoms with Crippen molar-refractivity contribution in [2.45, 2.75) is 58.8 Å². The van der Waals surface area contributed by atoms with Crippen LogP contribution in [-0.4, -0.2) is 64.1 Å². The van der Waals surface area contributed by atoms with Crippen molar-refractivity contribution in [3.05, 3.63) is 46.9 Å². The molecule has 0 bridgehead atoms. The van der Waals surface area contributed by atoms with Gasteiger partial charge in [-0.1, -0.05) is 17.7 Å². The molecule has 9 nitrogen and oxygen atoms in total. The van der Waals surface area contributed by atoms with Gasteiger partial charge in [0.1, 0.15) is 17.7 Å². The Morgan fingerprint density at radius 3 is 2.61 bits per heavy atom. The molecule has 38 heavy (non-hydrogen) atoms. The normalized spacial score (nSPS) is 18.9. The molecule has 2 aliphatic heterocycles. The minimum Gasteiger partial charge on any atom is -0.457 e. The van der Waals surface area contributed by atoms with Crippen molar-refractivity contribution < 1.29 is 14.3 Å². The zero-order chi connectivity index (χ0) is 26.9. The summed E-state index contributed by atoms with van der Waals surface area (Å²) < 4.78 is 13.4. The molecular formula is C28H35ClN6O3. The van der Waals surface area contributed by atoms with Crippen molar-refractivity contribution in [3.8, 4) is 0 Å². The summed E-state index contributed by atoms with van der Waals surface area (Å²) in [5, 5.41) is 6.42. The molecule has 0 N–H and O–H groups in total. The summed E-state index contributed by atoms with van der Waals surface area (Å²) in [5.41, 5.74) is 3.13. The molecule has 0 radical (unpaired) electrons. The SMILES string of the molecule is Cc1ccc(Cl)cc1N1CCN(c2ncnc3c2c(C=CC(=O)OC(C)(C)C)nn3C2CCCCO2)CC1. The molecule has 10 heteroatoms. The summed E-state index contributed by atoms with van der Waals surface area (Å²) in [6.45, 7) is 11.6. The third-order valence-corrected chi connectivity index (χ3v) is 7.03. The van der Waals surface area contributed by atoms with E-state index < -0.39 is 11.6 Å². The fourth-order valence-electron chi connectivity index (χ4n) is 5.02. The minimum atomic E-state index is -0.575. The van der Waals surface area contributed by atoms with Crippen molar-refractivity contribution >= 4 is 46.2 Å². The van der Waals surface area contributed by atoms with Gasteiger partial charge in [0.05, 0.1) is 11.1 Å². The number of nitrogens with zero attached hydrogens (tertiary/aromatic N) is 6. The van der Waals surface area contributed by atoms with Crippen molar-refractivity contribution in [2.24, 2.45) is 0 Å². The number of carbonyl (C=O) groups excluding carboxylic acids is 1. The predicted octanol–water partition coefficient (Wildman–Crippen LogP) is 5.17. The molecule has 0 amide bonds. The lowest BCUT2D eigenvalue weighted by Gasteiger charge is -2.37. The van der Waals surface area contributed by atoms with Gasteiger partial charge in [-0.2, -0.15) is 5.10 Å². The van der Waals surface area contributed by atoms with Crippen LogP contribution in [0, 0.1) is 6.92 Å². The Balaban J connectivity index is 1.47. The maximum absolute atomic E-state index is 12.5. The molecule has 5 rings (SSSR count). The Hall–Kier alpha value is -3.17. The van der Waals surface area contributed by atoms with Crippen LogP contribution >= 0.6 is 11.6 Å². The van der Waals surface area contributed by atoms with Crippen LogP contribution in [0.2, 0.25) is 5.02 Å². The second kappa shape index (κ2) is 10.9. The molecule has 202 valence electrons. The van der Waals surface area contributed by atoms with Crippen molar-refractivity contribution in [2.75, 3.05) is 42.6 Å². The molecule has 0 spiro atoms. The summed E-state index contributed by atoms with van der Waals surface area (Å²) in [6.07, 6.45) is 7.50. The average Bonchev–Trinajstić information content (AvgIpc) is 3.27. The molecule has 2 saturated heterocycles. The molecule has 2 aromatic heterocycles. The summed E-state index contributed by atoms with van der Waals surface area (Å²) in [6, 6.07) is 6.01. The molecule has 2 fully saturated rings. The highest BCUT2D eigenvalue weighted by Crippen LogP contribution is 2.33. The first-order chi connectivity index (χ1) is 18.2. The lowest BCUT2D eigenvalue weighted by atomic mass is 10.1. The fraction of sp³-hybridized carbons (Fsp3) is 0.500. The second-order valence-electron chi connectivity index (χ2n) is 10.8. The molecule has 1 atom stereocenters. The van der Waals surface area contributed by atoms with Crippen LogP contribution in [0.5, 0.6) is 0 Å². The highest BCUT2D eigenvalue weighted by atomic mass is 35.5. The molecule has 1 unspecified atom stereocenters. The number of aryl methyl sites for hydroxylation is 1. The van der Waals surface area contributed by atoms with E-state index in [9.17, 15) is 4.79 Å². The Labute approximate surface area is 228 Å². The summed E-state index contributed by atoms with van der Waals surface area (Å²) in [7, 11) is 0. The number of anilines is 2. The van der Waals surface area contributed by atoms with Gasteiger partial charge >= 0.3 is 5.97 Å². The molecule has 1 aromatic carbocycles. The Morgan fingerprint density at radius 1 is 1.13 bits per heavy atom. The van der Waals surface area contributed by atoms with E-state index in [1.807, 2.05) is 37.6 Å². The molecule has 4 heterocycles. The van der Waals surface area contributed by atoms with Gasteiger partial charge in [-0.3, -0.25) is 0 Å². The van der Waals surface area contributed by atoms with E-state index in [1.54, 1.807) is 12.4 Å². The van der Waals surface area contributed by atoms with E-state index in [1.165, 1.54) is 11.6 Å². The van der Waals surface area contributed by atoms with Gasteiger partial charge < -0.3 is 19.3 Å². The molecule has 0 saturated carbocycles. The summed E-state index contributed by atoms with van der Waals surface area (Å²) >= 11 is 6.28. The number of piperazine rings is 1. The third kappa shape index (κ3) is 5.78. The van der Waals surface area contributed by atoms with E-state index in [-0.39, 0.29) is 6.23 Å². The smallest absolute Gasteiger partial charge is 0.331 e. The van der Waals surface area contributed by atoms with Crippen molar-refractivity contribution in [1.29, 1.82) is 0 Å². The number of carbonyl (C=O) groups is 1.